The molecule has 0 aromatic heterocycles. The van der Waals surface area contributed by atoms with Crippen molar-refractivity contribution in [2.45, 2.75) is 18.7 Å². The maximum Gasteiger partial charge on any atom is 0.339 e. The Morgan fingerprint density at radius 1 is 1.05 bits per heavy atom. The minimum atomic E-state index is -3.88. The van der Waals surface area contributed by atoms with E-state index in [0.717, 1.165) is 11.1 Å². The summed E-state index contributed by atoms with van der Waals surface area (Å²) in [5, 5.41) is 0. The summed E-state index contributed by atoms with van der Waals surface area (Å²) in [5.74, 6) is -0.693. The molecule has 0 aliphatic rings. The third kappa shape index (κ3) is 3.28. The van der Waals surface area contributed by atoms with Crippen LogP contribution in [0.2, 0.25) is 0 Å². The number of nitrogens with one attached hydrogen (secondary N) is 1. The van der Waals surface area contributed by atoms with Crippen molar-refractivity contribution < 1.29 is 17.9 Å². The number of hydrogen-bond acceptors (Lipinski definition) is 4. The molecule has 0 spiro atoms. The van der Waals surface area contributed by atoms with Gasteiger partial charge in [-0.3, -0.25) is 4.72 Å². The van der Waals surface area contributed by atoms with Crippen molar-refractivity contribution in [1.29, 1.82) is 0 Å². The first kappa shape index (κ1) is 16.0. The Hall–Kier alpha value is -2.34. The molecule has 5 nitrogen and oxygen atoms in total. The van der Waals surface area contributed by atoms with Gasteiger partial charge in [0.1, 0.15) is 4.90 Å². The first-order chi connectivity index (χ1) is 10.3. The summed E-state index contributed by atoms with van der Waals surface area (Å²) in [6, 6.07) is 11.2. The molecule has 0 aliphatic carbocycles. The van der Waals surface area contributed by atoms with E-state index >= 15 is 0 Å². The maximum atomic E-state index is 12.5. The van der Waals surface area contributed by atoms with Crippen molar-refractivity contribution in [2.75, 3.05) is 11.8 Å². The fourth-order valence-corrected chi connectivity index (χ4v) is 3.24. The van der Waals surface area contributed by atoms with Crippen LogP contribution >= 0.6 is 0 Å². The van der Waals surface area contributed by atoms with Gasteiger partial charge in [-0.2, -0.15) is 0 Å². The lowest BCUT2D eigenvalue weighted by Crippen LogP contribution is -2.17. The number of sulfonamides is 1. The van der Waals surface area contributed by atoms with Crippen molar-refractivity contribution in [1.82, 2.24) is 0 Å². The number of hydrogen-bond donors (Lipinski definition) is 1. The zero-order valence-corrected chi connectivity index (χ0v) is 13.4. The number of ether oxygens (including phenoxy) is 1. The predicted octanol–water partition coefficient (Wildman–Crippen LogP) is 2.89. The molecule has 2 aromatic carbocycles. The summed E-state index contributed by atoms with van der Waals surface area (Å²) in [7, 11) is -2.67. The lowest BCUT2D eigenvalue weighted by molar-refractivity contribution is 0.0596. The molecule has 6 heteroatoms. The van der Waals surface area contributed by atoms with E-state index in [0.29, 0.717) is 5.69 Å². The van der Waals surface area contributed by atoms with E-state index in [2.05, 4.69) is 9.46 Å². The molecular formula is C16H17NO4S. The number of carbonyl (C=O) groups is 1. The lowest BCUT2D eigenvalue weighted by Gasteiger charge is -2.12. The number of methoxy groups -OCH3 is 1. The third-order valence-corrected chi connectivity index (χ3v) is 4.78. The van der Waals surface area contributed by atoms with Gasteiger partial charge < -0.3 is 4.74 Å². The van der Waals surface area contributed by atoms with Crippen molar-refractivity contribution in [3.05, 3.63) is 59.2 Å². The normalized spacial score (nSPS) is 11.0. The molecule has 0 bridgehead atoms. The summed E-state index contributed by atoms with van der Waals surface area (Å²) in [5.41, 5.74) is 2.49. The SMILES string of the molecule is COC(=O)c1ccccc1S(=O)(=O)Nc1ccc(C)c(C)c1. The molecular weight excluding hydrogens is 302 g/mol. The monoisotopic (exact) mass is 319 g/mol. The number of anilines is 1. The van der Waals surface area contributed by atoms with Crippen molar-refractivity contribution in [3.63, 3.8) is 0 Å². The van der Waals surface area contributed by atoms with E-state index in [1.165, 1.54) is 19.2 Å². The van der Waals surface area contributed by atoms with Crippen LogP contribution in [-0.2, 0) is 14.8 Å². The maximum absolute atomic E-state index is 12.5. The molecule has 0 fully saturated rings. The number of esters is 1. The molecule has 2 rings (SSSR count). The highest BCUT2D eigenvalue weighted by atomic mass is 32.2. The molecule has 22 heavy (non-hydrogen) atoms. The molecule has 0 aliphatic heterocycles. The highest BCUT2D eigenvalue weighted by Gasteiger charge is 2.22. The van der Waals surface area contributed by atoms with Crippen LogP contribution in [0, 0.1) is 13.8 Å². The average molecular weight is 319 g/mol. The smallest absolute Gasteiger partial charge is 0.339 e. The minimum absolute atomic E-state index is 0.00123. The topological polar surface area (TPSA) is 72.5 Å². The van der Waals surface area contributed by atoms with Crippen LogP contribution in [0.1, 0.15) is 21.5 Å². The summed E-state index contributed by atoms with van der Waals surface area (Å²) < 4.78 is 32.2. The zero-order chi connectivity index (χ0) is 16.3. The van der Waals surface area contributed by atoms with E-state index in [1.807, 2.05) is 19.9 Å². The molecule has 0 atom stereocenters. The van der Waals surface area contributed by atoms with Gasteiger partial charge in [0.2, 0.25) is 0 Å². The van der Waals surface area contributed by atoms with E-state index < -0.39 is 16.0 Å². The van der Waals surface area contributed by atoms with Gasteiger partial charge in [0.05, 0.1) is 12.7 Å². The fraction of sp³-hybridized carbons (Fsp3) is 0.188. The summed E-state index contributed by atoms with van der Waals surface area (Å²) >= 11 is 0. The molecule has 0 radical (unpaired) electrons. The van der Waals surface area contributed by atoms with Crippen LogP contribution in [0.15, 0.2) is 47.4 Å². The predicted molar refractivity (Wildman–Crippen MR) is 84.5 cm³/mol. The third-order valence-electron chi connectivity index (χ3n) is 3.34. The van der Waals surface area contributed by atoms with Gasteiger partial charge in [0.25, 0.3) is 10.0 Å². The largest absolute Gasteiger partial charge is 0.465 e. The first-order valence-corrected chi connectivity index (χ1v) is 8.11. The van der Waals surface area contributed by atoms with Crippen LogP contribution < -0.4 is 4.72 Å². The van der Waals surface area contributed by atoms with Crippen molar-refractivity contribution >= 4 is 21.7 Å². The highest BCUT2D eigenvalue weighted by molar-refractivity contribution is 7.92. The Labute approximate surface area is 130 Å². The number of carbonyl (C=O) groups excluding carboxylic acids is 1. The van der Waals surface area contributed by atoms with E-state index in [4.69, 9.17) is 0 Å². The second-order valence-corrected chi connectivity index (χ2v) is 6.54. The quantitative estimate of drug-likeness (QED) is 0.880. The van der Waals surface area contributed by atoms with E-state index in [9.17, 15) is 13.2 Å². The van der Waals surface area contributed by atoms with Crippen LogP contribution in [0.25, 0.3) is 0 Å². The highest BCUT2D eigenvalue weighted by Crippen LogP contribution is 2.22. The van der Waals surface area contributed by atoms with Crippen LogP contribution in [0.3, 0.4) is 0 Å². The Morgan fingerprint density at radius 3 is 2.36 bits per heavy atom. The molecule has 0 unspecified atom stereocenters. The van der Waals surface area contributed by atoms with Crippen LogP contribution in [0.5, 0.6) is 0 Å². The summed E-state index contributed by atoms with van der Waals surface area (Å²) in [6.45, 7) is 3.84. The summed E-state index contributed by atoms with van der Waals surface area (Å²) in [6.07, 6.45) is 0. The van der Waals surface area contributed by atoms with Gasteiger partial charge in [-0.05, 0) is 49.2 Å². The Kier molecular flexibility index (Phi) is 4.51. The second-order valence-electron chi connectivity index (χ2n) is 4.89. The number of rotatable bonds is 4. The van der Waals surface area contributed by atoms with Crippen molar-refractivity contribution in [3.8, 4) is 0 Å². The average Bonchev–Trinajstić information content (AvgIpc) is 2.50. The van der Waals surface area contributed by atoms with E-state index in [-0.39, 0.29) is 10.5 Å². The Balaban J connectivity index is 2.43. The molecule has 1 N–H and O–H groups in total. The van der Waals surface area contributed by atoms with Gasteiger partial charge in [-0.1, -0.05) is 18.2 Å². The van der Waals surface area contributed by atoms with Gasteiger partial charge in [-0.25, -0.2) is 13.2 Å². The molecule has 116 valence electrons. The number of aryl methyl sites for hydroxylation is 2. The van der Waals surface area contributed by atoms with Crippen LogP contribution in [0.4, 0.5) is 5.69 Å². The van der Waals surface area contributed by atoms with Gasteiger partial charge in [0.15, 0.2) is 0 Å². The van der Waals surface area contributed by atoms with E-state index in [1.54, 1.807) is 24.3 Å². The number of benzene rings is 2. The molecule has 0 heterocycles. The molecule has 0 saturated heterocycles. The van der Waals surface area contributed by atoms with Gasteiger partial charge in [-0.15, -0.1) is 0 Å². The Bertz CT molecular complexity index is 813. The molecule has 2 aromatic rings. The minimum Gasteiger partial charge on any atom is -0.465 e. The lowest BCUT2D eigenvalue weighted by atomic mass is 10.1. The summed E-state index contributed by atoms with van der Waals surface area (Å²) in [4.78, 5) is 11.6. The molecule has 0 saturated carbocycles. The fourth-order valence-electron chi connectivity index (χ4n) is 1.99. The standard InChI is InChI=1S/C16H17NO4S/c1-11-8-9-13(10-12(11)2)17-22(19,20)15-7-5-4-6-14(15)16(18)21-3/h4-10,17H,1-3H3. The van der Waals surface area contributed by atoms with Gasteiger partial charge >= 0.3 is 5.97 Å². The molecule has 0 amide bonds. The van der Waals surface area contributed by atoms with Gasteiger partial charge in [0, 0.05) is 5.69 Å². The van der Waals surface area contributed by atoms with Crippen molar-refractivity contribution in [2.24, 2.45) is 0 Å². The zero-order valence-electron chi connectivity index (χ0n) is 12.6. The Morgan fingerprint density at radius 2 is 1.73 bits per heavy atom. The first-order valence-electron chi connectivity index (χ1n) is 6.62. The van der Waals surface area contributed by atoms with Crippen LogP contribution in [-0.4, -0.2) is 21.5 Å². The second kappa shape index (κ2) is 6.19.